The predicted octanol–water partition coefficient (Wildman–Crippen LogP) is 3.39. The van der Waals surface area contributed by atoms with Crippen molar-refractivity contribution in [2.75, 3.05) is 40.6 Å². The SMILES string of the molecule is Cc1c(-c2cc3cc(N(C(=O)O)C4CCS(O)(O)C4)ncc3c(N)n2)cnc2c1NCCO2. The molecule has 2 aliphatic heterocycles. The van der Waals surface area contributed by atoms with Crippen LogP contribution in [0, 0.1) is 6.92 Å². The number of hydrogen-bond donors (Lipinski definition) is 5. The van der Waals surface area contributed by atoms with Crippen molar-refractivity contribution in [3.05, 3.63) is 30.1 Å². The van der Waals surface area contributed by atoms with Crippen LogP contribution >= 0.6 is 10.6 Å². The molecule has 1 saturated heterocycles. The second-order valence-electron chi connectivity index (χ2n) is 8.18. The lowest BCUT2D eigenvalue weighted by Crippen LogP contribution is -2.40. The quantitative estimate of drug-likeness (QED) is 0.381. The second-order valence-corrected chi connectivity index (χ2v) is 10.5. The number of nitrogens with one attached hydrogen (secondary N) is 1. The van der Waals surface area contributed by atoms with Gasteiger partial charge >= 0.3 is 6.09 Å². The van der Waals surface area contributed by atoms with Gasteiger partial charge in [0.15, 0.2) is 0 Å². The summed E-state index contributed by atoms with van der Waals surface area (Å²) in [5.41, 5.74) is 9.32. The Morgan fingerprint density at radius 2 is 2.12 bits per heavy atom. The van der Waals surface area contributed by atoms with Gasteiger partial charge in [0.2, 0.25) is 5.88 Å². The fraction of sp³-hybridized carbons (Fsp3) is 0.333. The number of ether oxygens (including phenoxy) is 1. The van der Waals surface area contributed by atoms with Crippen molar-refractivity contribution in [2.45, 2.75) is 19.4 Å². The van der Waals surface area contributed by atoms with E-state index in [-0.39, 0.29) is 23.1 Å². The van der Waals surface area contributed by atoms with E-state index in [1.807, 2.05) is 13.0 Å². The molecule has 174 valence electrons. The van der Waals surface area contributed by atoms with E-state index in [4.69, 9.17) is 10.5 Å². The van der Waals surface area contributed by atoms with Gasteiger partial charge in [0.25, 0.3) is 0 Å². The molecule has 0 aromatic carbocycles. The van der Waals surface area contributed by atoms with Gasteiger partial charge < -0.3 is 20.9 Å². The lowest BCUT2D eigenvalue weighted by atomic mass is 10.0. The summed E-state index contributed by atoms with van der Waals surface area (Å²) < 4.78 is 25.5. The molecular weight excluding hydrogens is 448 g/mol. The van der Waals surface area contributed by atoms with Crippen molar-refractivity contribution >= 4 is 44.8 Å². The van der Waals surface area contributed by atoms with E-state index in [0.29, 0.717) is 41.9 Å². The van der Waals surface area contributed by atoms with Crippen LogP contribution in [-0.2, 0) is 0 Å². The summed E-state index contributed by atoms with van der Waals surface area (Å²) in [4.78, 5) is 26.3. The number of aromatic nitrogens is 3. The zero-order valence-corrected chi connectivity index (χ0v) is 18.7. The molecule has 1 fully saturated rings. The van der Waals surface area contributed by atoms with Crippen molar-refractivity contribution in [2.24, 2.45) is 0 Å². The molecule has 6 N–H and O–H groups in total. The first kappa shape index (κ1) is 21.5. The van der Waals surface area contributed by atoms with Crippen molar-refractivity contribution in [3.63, 3.8) is 0 Å². The van der Waals surface area contributed by atoms with Crippen molar-refractivity contribution < 1.29 is 23.7 Å². The number of carboxylic acid groups (broad SMARTS) is 1. The van der Waals surface area contributed by atoms with Gasteiger partial charge in [-0.1, -0.05) is 0 Å². The van der Waals surface area contributed by atoms with E-state index in [9.17, 15) is 19.0 Å². The molecule has 0 saturated carbocycles. The van der Waals surface area contributed by atoms with Gasteiger partial charge in [0, 0.05) is 35.6 Å². The number of nitrogens with zero attached hydrogens (tertiary/aromatic N) is 4. The lowest BCUT2D eigenvalue weighted by Gasteiger charge is -2.29. The first-order valence-corrected chi connectivity index (χ1v) is 12.3. The molecule has 3 aromatic rings. The van der Waals surface area contributed by atoms with E-state index in [0.717, 1.165) is 21.7 Å². The van der Waals surface area contributed by atoms with Crippen LogP contribution in [0.2, 0.25) is 0 Å². The Labute approximate surface area is 191 Å². The minimum absolute atomic E-state index is 0.00217. The van der Waals surface area contributed by atoms with E-state index in [1.165, 1.54) is 6.20 Å². The van der Waals surface area contributed by atoms with Gasteiger partial charge in [-0.05, 0) is 36.4 Å². The Balaban J connectivity index is 1.58. The Morgan fingerprint density at radius 1 is 1.30 bits per heavy atom. The van der Waals surface area contributed by atoms with Crippen molar-refractivity contribution in [1.29, 1.82) is 0 Å². The standard InChI is InChI=1S/C21H24N6O5S/c1-11-14(8-25-20-18(11)23-3-4-32-20)16-6-12-7-17(24-9-15(12)19(22)26-16)27(21(28)29)13-2-5-33(30,31)10-13/h6-9,13,23,30-31H,2-5,10H2,1H3,(H2,22,26)(H,28,29). The minimum Gasteiger partial charge on any atom is -0.474 e. The molecule has 5 heterocycles. The first-order valence-electron chi connectivity index (χ1n) is 10.4. The highest BCUT2D eigenvalue weighted by atomic mass is 32.3. The maximum atomic E-state index is 12.0. The second kappa shape index (κ2) is 7.90. The molecule has 1 amide bonds. The molecule has 1 atom stereocenters. The average molecular weight is 473 g/mol. The summed E-state index contributed by atoms with van der Waals surface area (Å²) in [6.07, 6.45) is 2.33. The van der Waals surface area contributed by atoms with Crippen LogP contribution in [-0.4, -0.2) is 66.0 Å². The van der Waals surface area contributed by atoms with Gasteiger partial charge in [0.1, 0.15) is 23.9 Å². The van der Waals surface area contributed by atoms with Crippen LogP contribution in [0.3, 0.4) is 0 Å². The molecule has 12 heteroatoms. The number of anilines is 3. The largest absolute Gasteiger partial charge is 0.474 e. The van der Waals surface area contributed by atoms with Crippen molar-refractivity contribution in [1.82, 2.24) is 15.0 Å². The molecule has 0 aliphatic carbocycles. The summed E-state index contributed by atoms with van der Waals surface area (Å²) in [7, 11) is -2.77. The highest BCUT2D eigenvalue weighted by Crippen LogP contribution is 2.47. The number of nitrogen functional groups attached to an aromatic ring is 1. The Bertz CT molecular complexity index is 1270. The Hall–Kier alpha value is -3.35. The van der Waals surface area contributed by atoms with E-state index < -0.39 is 22.7 Å². The van der Waals surface area contributed by atoms with Crippen molar-refractivity contribution in [3.8, 4) is 17.1 Å². The average Bonchev–Trinajstić information content (AvgIpc) is 3.12. The monoisotopic (exact) mass is 472 g/mol. The maximum Gasteiger partial charge on any atom is 0.413 e. The molecule has 5 rings (SSSR count). The fourth-order valence-electron chi connectivity index (χ4n) is 4.36. The molecule has 3 aromatic heterocycles. The summed E-state index contributed by atoms with van der Waals surface area (Å²) in [5, 5.41) is 14.4. The van der Waals surface area contributed by atoms with Crippen LogP contribution in [0.25, 0.3) is 22.0 Å². The fourth-order valence-corrected chi connectivity index (χ4v) is 6.10. The number of rotatable bonds is 3. The third kappa shape index (κ3) is 3.86. The molecular formula is C21H24N6O5S. The van der Waals surface area contributed by atoms with Gasteiger partial charge in [-0.3, -0.25) is 14.0 Å². The number of hydrogen-bond acceptors (Lipinski definition) is 9. The summed E-state index contributed by atoms with van der Waals surface area (Å²) in [6.45, 7) is 3.17. The summed E-state index contributed by atoms with van der Waals surface area (Å²) in [5.74, 6) is 1.18. The third-order valence-corrected chi connectivity index (χ3v) is 7.82. The van der Waals surface area contributed by atoms with Crippen LogP contribution in [0.15, 0.2) is 24.5 Å². The number of fused-ring (bicyclic) bond motifs is 2. The zero-order chi connectivity index (χ0) is 23.3. The van der Waals surface area contributed by atoms with Gasteiger partial charge in [-0.25, -0.2) is 19.7 Å². The molecule has 1 unspecified atom stereocenters. The number of pyridine rings is 3. The van der Waals surface area contributed by atoms with E-state index >= 15 is 0 Å². The Morgan fingerprint density at radius 3 is 2.85 bits per heavy atom. The smallest absolute Gasteiger partial charge is 0.413 e. The first-order chi connectivity index (χ1) is 15.7. The zero-order valence-electron chi connectivity index (χ0n) is 17.9. The predicted molar refractivity (Wildman–Crippen MR) is 127 cm³/mol. The lowest BCUT2D eigenvalue weighted by molar-refractivity contribution is 0.199. The molecule has 2 aliphatic rings. The molecule has 0 bridgehead atoms. The van der Waals surface area contributed by atoms with Gasteiger partial charge in [-0.2, -0.15) is 10.6 Å². The van der Waals surface area contributed by atoms with Crippen LogP contribution < -0.4 is 20.7 Å². The third-order valence-electron chi connectivity index (χ3n) is 6.01. The minimum atomic E-state index is -2.77. The van der Waals surface area contributed by atoms with Gasteiger partial charge in [0.05, 0.1) is 17.5 Å². The highest BCUT2D eigenvalue weighted by Gasteiger charge is 2.36. The van der Waals surface area contributed by atoms with E-state index in [2.05, 4.69) is 20.3 Å². The van der Waals surface area contributed by atoms with E-state index in [1.54, 1.807) is 12.3 Å². The molecule has 33 heavy (non-hydrogen) atoms. The molecule has 0 spiro atoms. The topological polar surface area (TPSA) is 167 Å². The summed E-state index contributed by atoms with van der Waals surface area (Å²) in [6, 6.07) is 2.89. The summed E-state index contributed by atoms with van der Waals surface area (Å²) >= 11 is 0. The van der Waals surface area contributed by atoms with Crippen LogP contribution in [0.1, 0.15) is 12.0 Å². The maximum absolute atomic E-state index is 12.0. The molecule has 11 nitrogen and oxygen atoms in total. The van der Waals surface area contributed by atoms with Crippen LogP contribution in [0.5, 0.6) is 5.88 Å². The van der Waals surface area contributed by atoms with Gasteiger partial charge in [-0.15, -0.1) is 0 Å². The highest BCUT2D eigenvalue weighted by molar-refractivity contribution is 8.24. The number of carbonyl (C=O) groups is 1. The van der Waals surface area contributed by atoms with Crippen LogP contribution in [0.4, 0.5) is 22.1 Å². The normalized spacial score (nSPS) is 19.9. The molecule has 0 radical (unpaired) electrons. The number of amides is 1. The number of nitrogens with two attached hydrogens (primary N) is 1. The Kier molecular flexibility index (Phi) is 5.15.